The first-order chi connectivity index (χ1) is 8.56. The van der Waals surface area contributed by atoms with Crippen molar-refractivity contribution in [3.05, 3.63) is 0 Å². The van der Waals surface area contributed by atoms with Crippen molar-refractivity contribution in [1.29, 1.82) is 0 Å². The summed E-state index contributed by atoms with van der Waals surface area (Å²) in [5, 5.41) is 3.67. The number of hydrogen-bond acceptors (Lipinski definition) is 2. The van der Waals surface area contributed by atoms with E-state index in [2.05, 4.69) is 32.0 Å². The van der Waals surface area contributed by atoms with E-state index in [0.29, 0.717) is 6.54 Å². The predicted octanol–water partition coefficient (Wildman–Crippen LogP) is 2.92. The summed E-state index contributed by atoms with van der Waals surface area (Å²) >= 11 is 0. The second-order valence-corrected chi connectivity index (χ2v) is 6.22. The van der Waals surface area contributed by atoms with Crippen molar-refractivity contribution in [3.63, 3.8) is 0 Å². The van der Waals surface area contributed by atoms with Crippen LogP contribution in [0.3, 0.4) is 0 Å². The van der Waals surface area contributed by atoms with Gasteiger partial charge in [-0.25, -0.2) is 0 Å². The van der Waals surface area contributed by atoms with Crippen LogP contribution in [0.1, 0.15) is 59.3 Å². The summed E-state index contributed by atoms with van der Waals surface area (Å²) < 4.78 is 0. The topological polar surface area (TPSA) is 38.0 Å². The molecule has 3 N–H and O–H groups in total. The molecule has 0 amide bonds. The summed E-state index contributed by atoms with van der Waals surface area (Å²) in [6.07, 6.45) is 12.7. The quantitative estimate of drug-likeness (QED) is 0.711. The van der Waals surface area contributed by atoms with Gasteiger partial charge >= 0.3 is 0 Å². The molecule has 2 nitrogen and oxygen atoms in total. The molecule has 0 radical (unpaired) electrons. The Labute approximate surface area is 113 Å². The summed E-state index contributed by atoms with van der Waals surface area (Å²) in [6.45, 7) is 7.54. The fourth-order valence-electron chi connectivity index (χ4n) is 3.12. The monoisotopic (exact) mass is 250 g/mol. The van der Waals surface area contributed by atoms with Gasteiger partial charge in [0, 0.05) is 12.1 Å². The molecule has 1 aliphatic rings. The minimum atomic E-state index is 0.0948. The Morgan fingerprint density at radius 1 is 1.39 bits per heavy atom. The average molecular weight is 250 g/mol. The van der Waals surface area contributed by atoms with Gasteiger partial charge < -0.3 is 5.73 Å². The van der Waals surface area contributed by atoms with E-state index in [0.717, 1.165) is 24.7 Å². The lowest BCUT2D eigenvalue weighted by Gasteiger charge is -2.43. The first-order valence-corrected chi connectivity index (χ1v) is 7.50. The van der Waals surface area contributed by atoms with E-state index in [1.807, 2.05) is 0 Å². The average Bonchev–Trinajstić information content (AvgIpc) is 2.38. The van der Waals surface area contributed by atoms with Gasteiger partial charge in [-0.2, -0.15) is 0 Å². The van der Waals surface area contributed by atoms with Crippen LogP contribution in [0.15, 0.2) is 0 Å². The predicted molar refractivity (Wildman–Crippen MR) is 79.2 cm³/mol. The van der Waals surface area contributed by atoms with Gasteiger partial charge in [0.25, 0.3) is 0 Å². The standard InChI is InChI=1S/C16H30N2/c1-5-7-15(6-2)18-16(12-17)10-8-14(9-11-16)13(3)4/h2,13-15,18H,5,7-12,17H2,1,3-4H3. The molecule has 1 fully saturated rings. The molecule has 1 rings (SSSR count). The van der Waals surface area contributed by atoms with E-state index in [9.17, 15) is 0 Å². The molecule has 104 valence electrons. The van der Waals surface area contributed by atoms with Gasteiger partial charge in [-0.1, -0.05) is 33.1 Å². The van der Waals surface area contributed by atoms with Gasteiger partial charge in [-0.05, 0) is 43.9 Å². The molecule has 0 aromatic carbocycles. The van der Waals surface area contributed by atoms with E-state index < -0.39 is 0 Å². The zero-order chi connectivity index (χ0) is 13.6. The lowest BCUT2D eigenvalue weighted by atomic mass is 9.72. The Morgan fingerprint density at radius 2 is 2.00 bits per heavy atom. The Bertz CT molecular complexity index is 269. The van der Waals surface area contributed by atoms with Crippen LogP contribution in [0.25, 0.3) is 0 Å². The fourth-order valence-corrected chi connectivity index (χ4v) is 3.12. The van der Waals surface area contributed by atoms with Crippen molar-refractivity contribution in [2.45, 2.75) is 70.9 Å². The SMILES string of the molecule is C#CC(CCC)NC1(CN)CCC(C(C)C)CC1. The summed E-state index contributed by atoms with van der Waals surface area (Å²) in [5.74, 6) is 4.53. The molecule has 2 heteroatoms. The van der Waals surface area contributed by atoms with E-state index in [4.69, 9.17) is 12.2 Å². The number of terminal acetylenes is 1. The van der Waals surface area contributed by atoms with Gasteiger partial charge in [-0.15, -0.1) is 6.42 Å². The smallest absolute Gasteiger partial charge is 0.0691 e. The molecule has 0 aromatic rings. The molecule has 0 saturated heterocycles. The van der Waals surface area contributed by atoms with Gasteiger partial charge in [0.1, 0.15) is 0 Å². The molecule has 0 spiro atoms. The van der Waals surface area contributed by atoms with Crippen LogP contribution in [0, 0.1) is 24.2 Å². The maximum atomic E-state index is 6.03. The van der Waals surface area contributed by atoms with Gasteiger partial charge in [0.15, 0.2) is 0 Å². The van der Waals surface area contributed by atoms with Crippen LogP contribution in [-0.4, -0.2) is 18.1 Å². The number of nitrogens with two attached hydrogens (primary N) is 1. The highest BCUT2D eigenvalue weighted by molar-refractivity contribution is 5.05. The molecule has 1 atom stereocenters. The third kappa shape index (κ3) is 4.00. The van der Waals surface area contributed by atoms with Crippen molar-refractivity contribution in [2.75, 3.05) is 6.54 Å². The van der Waals surface area contributed by atoms with Gasteiger partial charge in [-0.3, -0.25) is 5.32 Å². The highest BCUT2D eigenvalue weighted by Crippen LogP contribution is 2.35. The van der Waals surface area contributed by atoms with Crippen LogP contribution in [0.2, 0.25) is 0 Å². The third-order valence-corrected chi connectivity index (χ3v) is 4.58. The van der Waals surface area contributed by atoms with Crippen molar-refractivity contribution in [3.8, 4) is 12.3 Å². The first-order valence-electron chi connectivity index (χ1n) is 7.50. The maximum absolute atomic E-state index is 6.03. The summed E-state index contributed by atoms with van der Waals surface area (Å²) in [6, 6.07) is 0.189. The fraction of sp³-hybridized carbons (Fsp3) is 0.875. The van der Waals surface area contributed by atoms with Crippen molar-refractivity contribution < 1.29 is 0 Å². The molecular weight excluding hydrogens is 220 g/mol. The van der Waals surface area contributed by atoms with E-state index in [1.54, 1.807) is 0 Å². The largest absolute Gasteiger partial charge is 0.329 e. The number of rotatable bonds is 6. The van der Waals surface area contributed by atoms with Crippen LogP contribution in [0.4, 0.5) is 0 Å². The van der Waals surface area contributed by atoms with Gasteiger partial charge in [0.05, 0.1) is 6.04 Å². The molecule has 1 aliphatic carbocycles. The van der Waals surface area contributed by atoms with E-state index >= 15 is 0 Å². The normalized spacial score (nSPS) is 30.1. The highest BCUT2D eigenvalue weighted by Gasteiger charge is 2.35. The van der Waals surface area contributed by atoms with Crippen LogP contribution < -0.4 is 11.1 Å². The minimum absolute atomic E-state index is 0.0948. The first kappa shape index (κ1) is 15.5. The number of nitrogens with one attached hydrogen (secondary N) is 1. The molecule has 1 saturated carbocycles. The second kappa shape index (κ2) is 7.16. The molecule has 18 heavy (non-hydrogen) atoms. The van der Waals surface area contributed by atoms with Crippen molar-refractivity contribution >= 4 is 0 Å². The third-order valence-electron chi connectivity index (χ3n) is 4.58. The molecule has 0 heterocycles. The molecule has 0 bridgehead atoms. The second-order valence-electron chi connectivity index (χ2n) is 6.22. The summed E-state index contributed by atoms with van der Waals surface area (Å²) in [5.41, 5.74) is 6.12. The van der Waals surface area contributed by atoms with Crippen molar-refractivity contribution in [1.82, 2.24) is 5.32 Å². The lowest BCUT2D eigenvalue weighted by Crippen LogP contribution is -2.56. The molecule has 0 aliphatic heterocycles. The zero-order valence-corrected chi connectivity index (χ0v) is 12.3. The van der Waals surface area contributed by atoms with Crippen LogP contribution >= 0.6 is 0 Å². The lowest BCUT2D eigenvalue weighted by molar-refractivity contribution is 0.158. The maximum Gasteiger partial charge on any atom is 0.0691 e. The van der Waals surface area contributed by atoms with E-state index in [1.165, 1.54) is 25.7 Å². The summed E-state index contributed by atoms with van der Waals surface area (Å²) in [4.78, 5) is 0. The molecular formula is C16H30N2. The molecule has 1 unspecified atom stereocenters. The Morgan fingerprint density at radius 3 is 2.39 bits per heavy atom. The van der Waals surface area contributed by atoms with E-state index in [-0.39, 0.29) is 11.6 Å². The van der Waals surface area contributed by atoms with Crippen molar-refractivity contribution in [2.24, 2.45) is 17.6 Å². The van der Waals surface area contributed by atoms with Crippen LogP contribution in [0.5, 0.6) is 0 Å². The Kier molecular flexibility index (Phi) is 6.18. The van der Waals surface area contributed by atoms with Crippen LogP contribution in [-0.2, 0) is 0 Å². The number of hydrogen-bond donors (Lipinski definition) is 2. The highest BCUT2D eigenvalue weighted by atomic mass is 15.0. The Balaban J connectivity index is 2.57. The minimum Gasteiger partial charge on any atom is -0.329 e. The summed E-state index contributed by atoms with van der Waals surface area (Å²) in [7, 11) is 0. The Hall–Kier alpha value is -0.520. The van der Waals surface area contributed by atoms with Gasteiger partial charge in [0.2, 0.25) is 0 Å². The zero-order valence-electron chi connectivity index (χ0n) is 12.3. The molecule has 0 aromatic heterocycles.